The van der Waals surface area contributed by atoms with E-state index in [1.54, 1.807) is 12.1 Å². The minimum Gasteiger partial charge on any atom is -0.464 e. The summed E-state index contributed by atoms with van der Waals surface area (Å²) in [5.41, 5.74) is 6.65. The van der Waals surface area contributed by atoms with Gasteiger partial charge in [-0.3, -0.25) is 4.79 Å². The van der Waals surface area contributed by atoms with Crippen LogP contribution in [-0.4, -0.2) is 5.91 Å². The highest BCUT2D eigenvalue weighted by molar-refractivity contribution is 5.93. The van der Waals surface area contributed by atoms with E-state index in [4.69, 9.17) is 10.2 Å². The molecule has 2 aromatic rings. The third kappa shape index (κ3) is 2.69. The highest BCUT2D eigenvalue weighted by atomic mass is 16.3. The van der Waals surface area contributed by atoms with Gasteiger partial charge in [0.2, 0.25) is 5.91 Å². The fourth-order valence-corrected chi connectivity index (χ4v) is 2.35. The first kappa shape index (κ1) is 12.8. The normalized spacial score (nSPS) is 20.6. The second-order valence-electron chi connectivity index (χ2n) is 5.42. The van der Waals surface area contributed by atoms with E-state index in [9.17, 15) is 4.79 Å². The zero-order chi connectivity index (χ0) is 14.1. The Morgan fingerprint density at radius 2 is 2.00 bits per heavy atom. The topological polar surface area (TPSA) is 68.3 Å². The first-order valence-electron chi connectivity index (χ1n) is 6.86. The molecule has 3 rings (SSSR count). The van der Waals surface area contributed by atoms with Crippen LogP contribution < -0.4 is 11.1 Å². The Morgan fingerprint density at radius 3 is 2.60 bits per heavy atom. The molecule has 1 aliphatic carbocycles. The van der Waals surface area contributed by atoms with Crippen LogP contribution >= 0.6 is 0 Å². The van der Waals surface area contributed by atoms with E-state index in [2.05, 4.69) is 18.3 Å². The molecule has 104 valence electrons. The van der Waals surface area contributed by atoms with Crippen LogP contribution in [0.2, 0.25) is 0 Å². The van der Waals surface area contributed by atoms with Crippen molar-refractivity contribution in [3.8, 4) is 0 Å². The Bertz CT molecular complexity index is 616. The number of hydrogen-bond acceptors (Lipinski definition) is 3. The Labute approximate surface area is 118 Å². The number of carbonyl (C=O) groups is 1. The molecule has 1 aromatic carbocycles. The summed E-state index contributed by atoms with van der Waals surface area (Å²) in [4.78, 5) is 11.0. The van der Waals surface area contributed by atoms with Crippen molar-refractivity contribution in [2.45, 2.75) is 25.8 Å². The van der Waals surface area contributed by atoms with Crippen LogP contribution in [0.1, 0.15) is 41.1 Å². The van der Waals surface area contributed by atoms with Gasteiger partial charge in [0.05, 0.1) is 6.54 Å². The van der Waals surface area contributed by atoms with Gasteiger partial charge in [0.15, 0.2) is 0 Å². The summed E-state index contributed by atoms with van der Waals surface area (Å²) in [6, 6.07) is 11.2. The highest BCUT2D eigenvalue weighted by Crippen LogP contribution is 2.47. The first-order valence-corrected chi connectivity index (χ1v) is 6.86. The Kier molecular flexibility index (Phi) is 3.22. The molecule has 2 atom stereocenters. The van der Waals surface area contributed by atoms with E-state index in [1.165, 1.54) is 6.42 Å². The number of nitrogens with two attached hydrogens (primary N) is 1. The average molecular weight is 270 g/mol. The maximum absolute atomic E-state index is 11.0. The molecule has 20 heavy (non-hydrogen) atoms. The molecule has 3 N–H and O–H groups in total. The van der Waals surface area contributed by atoms with Crippen LogP contribution in [0.15, 0.2) is 40.8 Å². The number of carbonyl (C=O) groups excluding carboxylic acids is 1. The monoisotopic (exact) mass is 270 g/mol. The minimum atomic E-state index is -0.411. The molecule has 0 bridgehead atoms. The lowest BCUT2D eigenvalue weighted by Gasteiger charge is -2.05. The summed E-state index contributed by atoms with van der Waals surface area (Å²) >= 11 is 0. The van der Waals surface area contributed by atoms with Gasteiger partial charge in [0.25, 0.3) is 0 Å². The van der Waals surface area contributed by atoms with Crippen molar-refractivity contribution in [1.29, 1.82) is 0 Å². The number of benzene rings is 1. The Hall–Kier alpha value is -2.23. The van der Waals surface area contributed by atoms with Crippen LogP contribution in [0.5, 0.6) is 0 Å². The SMILES string of the molecule is CC1CC1c1ccc(CNc2ccc(C(N)=O)cc2)o1. The van der Waals surface area contributed by atoms with Crippen molar-refractivity contribution in [2.24, 2.45) is 11.7 Å². The van der Waals surface area contributed by atoms with E-state index in [1.807, 2.05) is 18.2 Å². The molecule has 0 aliphatic heterocycles. The fraction of sp³-hybridized carbons (Fsp3) is 0.312. The number of primary amides is 1. The molecule has 1 aliphatic rings. The molecule has 0 radical (unpaired) electrons. The van der Waals surface area contributed by atoms with Gasteiger partial charge in [-0.25, -0.2) is 0 Å². The molecule has 1 aromatic heterocycles. The summed E-state index contributed by atoms with van der Waals surface area (Å²) < 4.78 is 5.83. The molecular weight excluding hydrogens is 252 g/mol. The van der Waals surface area contributed by atoms with Crippen LogP contribution in [0.25, 0.3) is 0 Å². The van der Waals surface area contributed by atoms with E-state index in [0.29, 0.717) is 18.0 Å². The lowest BCUT2D eigenvalue weighted by atomic mass is 10.2. The lowest BCUT2D eigenvalue weighted by molar-refractivity contribution is 0.100. The van der Waals surface area contributed by atoms with Crippen LogP contribution in [0, 0.1) is 5.92 Å². The van der Waals surface area contributed by atoms with Gasteiger partial charge < -0.3 is 15.5 Å². The van der Waals surface area contributed by atoms with E-state index in [-0.39, 0.29) is 0 Å². The van der Waals surface area contributed by atoms with Gasteiger partial charge in [0, 0.05) is 17.2 Å². The summed E-state index contributed by atoms with van der Waals surface area (Å²) in [6.07, 6.45) is 1.23. The van der Waals surface area contributed by atoms with Crippen molar-refractivity contribution in [2.75, 3.05) is 5.32 Å². The molecule has 1 fully saturated rings. The molecule has 1 amide bonds. The maximum Gasteiger partial charge on any atom is 0.248 e. The van der Waals surface area contributed by atoms with E-state index in [0.717, 1.165) is 23.1 Å². The molecular formula is C16H18N2O2. The van der Waals surface area contributed by atoms with Gasteiger partial charge in [-0.15, -0.1) is 0 Å². The van der Waals surface area contributed by atoms with Crippen molar-refractivity contribution in [3.63, 3.8) is 0 Å². The average Bonchev–Trinajstić information content (AvgIpc) is 3.00. The zero-order valence-corrected chi connectivity index (χ0v) is 11.4. The molecule has 1 heterocycles. The van der Waals surface area contributed by atoms with Crippen molar-refractivity contribution in [3.05, 3.63) is 53.5 Å². The quantitative estimate of drug-likeness (QED) is 0.877. The van der Waals surface area contributed by atoms with Gasteiger partial charge in [-0.1, -0.05) is 6.92 Å². The predicted octanol–water partition coefficient (Wildman–Crippen LogP) is 3.11. The van der Waals surface area contributed by atoms with Gasteiger partial charge >= 0.3 is 0 Å². The smallest absolute Gasteiger partial charge is 0.248 e. The van der Waals surface area contributed by atoms with Crippen LogP contribution in [0.3, 0.4) is 0 Å². The standard InChI is InChI=1S/C16H18N2O2/c1-10-8-14(10)15-7-6-13(20-15)9-18-12-4-2-11(3-5-12)16(17)19/h2-7,10,14,18H,8-9H2,1H3,(H2,17,19). The van der Waals surface area contributed by atoms with Crippen molar-refractivity contribution in [1.82, 2.24) is 0 Å². The first-order chi connectivity index (χ1) is 9.63. The molecule has 1 saturated carbocycles. The zero-order valence-electron chi connectivity index (χ0n) is 11.4. The third-order valence-electron chi connectivity index (χ3n) is 3.79. The maximum atomic E-state index is 11.0. The summed E-state index contributed by atoms with van der Waals surface area (Å²) in [5.74, 6) is 2.98. The molecule has 0 saturated heterocycles. The van der Waals surface area contributed by atoms with Gasteiger partial charge in [-0.05, 0) is 48.7 Å². The highest BCUT2D eigenvalue weighted by Gasteiger charge is 2.36. The van der Waals surface area contributed by atoms with E-state index < -0.39 is 5.91 Å². The Morgan fingerprint density at radius 1 is 1.30 bits per heavy atom. The molecule has 4 nitrogen and oxygen atoms in total. The summed E-state index contributed by atoms with van der Waals surface area (Å²) in [6.45, 7) is 2.88. The Balaban J connectivity index is 1.58. The molecule has 0 spiro atoms. The number of hydrogen-bond donors (Lipinski definition) is 2. The summed E-state index contributed by atoms with van der Waals surface area (Å²) in [7, 11) is 0. The minimum absolute atomic E-state index is 0.411. The number of rotatable bonds is 5. The number of furan rings is 1. The third-order valence-corrected chi connectivity index (χ3v) is 3.79. The molecule has 2 unspecified atom stereocenters. The van der Waals surface area contributed by atoms with Crippen LogP contribution in [0.4, 0.5) is 5.69 Å². The summed E-state index contributed by atoms with van der Waals surface area (Å²) in [5, 5.41) is 3.27. The van der Waals surface area contributed by atoms with Crippen molar-refractivity contribution >= 4 is 11.6 Å². The van der Waals surface area contributed by atoms with Gasteiger partial charge in [-0.2, -0.15) is 0 Å². The lowest BCUT2D eigenvalue weighted by Crippen LogP contribution is -2.10. The second kappa shape index (κ2) is 5.04. The number of amides is 1. The number of nitrogens with one attached hydrogen (secondary N) is 1. The van der Waals surface area contributed by atoms with Crippen LogP contribution in [-0.2, 0) is 6.54 Å². The number of anilines is 1. The largest absolute Gasteiger partial charge is 0.464 e. The second-order valence-corrected chi connectivity index (χ2v) is 5.42. The molecule has 4 heteroatoms. The van der Waals surface area contributed by atoms with Crippen molar-refractivity contribution < 1.29 is 9.21 Å². The van der Waals surface area contributed by atoms with Gasteiger partial charge in [0.1, 0.15) is 11.5 Å². The van der Waals surface area contributed by atoms with E-state index >= 15 is 0 Å². The predicted molar refractivity (Wildman–Crippen MR) is 77.5 cm³/mol. The fourth-order valence-electron chi connectivity index (χ4n) is 2.35.